The minimum Gasteiger partial charge on any atom is -0.480 e. The molecule has 0 radical (unpaired) electrons. The molecule has 0 heterocycles. The van der Waals surface area contributed by atoms with Gasteiger partial charge in [-0.15, -0.1) is 0 Å². The fourth-order valence-electron chi connectivity index (χ4n) is 4.47. The van der Waals surface area contributed by atoms with Crippen LogP contribution in [0.4, 0.5) is 0 Å². The Kier molecular flexibility index (Phi) is 30.9. The molecule has 49 heavy (non-hydrogen) atoms. The van der Waals surface area contributed by atoms with E-state index in [0.29, 0.717) is 12.8 Å². The number of phosphoric acid groups is 1. The van der Waals surface area contributed by atoms with Crippen molar-refractivity contribution in [1.29, 1.82) is 0 Å². The Morgan fingerprint density at radius 2 is 1.14 bits per heavy atom. The summed E-state index contributed by atoms with van der Waals surface area (Å²) >= 11 is 0. The van der Waals surface area contributed by atoms with Crippen molar-refractivity contribution in [2.24, 2.45) is 5.73 Å². The molecule has 0 spiro atoms. The second-order valence-electron chi connectivity index (χ2n) is 12.0. The number of ether oxygens (including phenoxy) is 2. The van der Waals surface area contributed by atoms with Crippen molar-refractivity contribution in [2.45, 2.75) is 148 Å². The minimum absolute atomic E-state index is 0.144. The van der Waals surface area contributed by atoms with Gasteiger partial charge in [-0.3, -0.25) is 23.4 Å². The van der Waals surface area contributed by atoms with Gasteiger partial charge in [0, 0.05) is 12.8 Å². The number of carbonyl (C=O) groups excluding carboxylic acids is 2. The number of allylic oxidation sites excluding steroid dienone is 8. The van der Waals surface area contributed by atoms with Gasteiger partial charge in [-0.25, -0.2) is 4.57 Å². The highest BCUT2D eigenvalue weighted by Crippen LogP contribution is 2.43. The van der Waals surface area contributed by atoms with Gasteiger partial charge in [0.05, 0.1) is 13.2 Å². The monoisotopic (exact) mass is 713 g/mol. The van der Waals surface area contributed by atoms with E-state index in [1.165, 1.54) is 0 Å². The Morgan fingerprint density at radius 3 is 1.71 bits per heavy atom. The van der Waals surface area contributed by atoms with Gasteiger partial charge in [-0.1, -0.05) is 120 Å². The van der Waals surface area contributed by atoms with Crippen molar-refractivity contribution in [3.63, 3.8) is 0 Å². The largest absolute Gasteiger partial charge is 0.480 e. The summed E-state index contributed by atoms with van der Waals surface area (Å²) in [6, 6.07) is -1.52. The molecule has 3 unspecified atom stereocenters. The Balaban J connectivity index is 4.37. The van der Waals surface area contributed by atoms with E-state index in [1.807, 2.05) is 0 Å². The summed E-state index contributed by atoms with van der Waals surface area (Å²) in [4.78, 5) is 45.5. The number of rotatable bonds is 33. The normalized spacial score (nSPS) is 14.5. The van der Waals surface area contributed by atoms with Crippen LogP contribution in [0.3, 0.4) is 0 Å². The molecule has 12 heteroatoms. The Labute approximate surface area is 295 Å². The number of carbonyl (C=O) groups is 3. The number of aliphatic carboxylic acids is 1. The SMILES string of the molecule is CC/C=C\C/C=C\C/C=C\C/C=C\CCCCCCCCC(=O)OC(COC(=O)CCCCCCCC)COP(=O)(O)OCC(N)C(=O)O. The third-order valence-electron chi connectivity index (χ3n) is 7.34. The van der Waals surface area contributed by atoms with E-state index in [-0.39, 0.29) is 19.4 Å². The quantitative estimate of drug-likeness (QED) is 0.0257. The molecule has 0 aliphatic heterocycles. The van der Waals surface area contributed by atoms with Crippen molar-refractivity contribution < 1.29 is 47.5 Å². The van der Waals surface area contributed by atoms with Crippen LogP contribution in [-0.4, -0.2) is 59.9 Å². The zero-order valence-electron chi connectivity index (χ0n) is 30.0. The van der Waals surface area contributed by atoms with E-state index in [0.717, 1.165) is 96.3 Å². The predicted molar refractivity (Wildman–Crippen MR) is 194 cm³/mol. The fourth-order valence-corrected chi connectivity index (χ4v) is 5.24. The van der Waals surface area contributed by atoms with Crippen molar-refractivity contribution >= 4 is 25.7 Å². The van der Waals surface area contributed by atoms with Crippen LogP contribution >= 0.6 is 7.82 Å². The molecule has 0 bridgehead atoms. The number of carboxylic acid groups (broad SMARTS) is 1. The Bertz CT molecular complexity index is 1030. The zero-order chi connectivity index (χ0) is 36.4. The van der Waals surface area contributed by atoms with Gasteiger partial charge in [0.25, 0.3) is 0 Å². The molecular formula is C37H64NO10P. The summed E-state index contributed by atoms with van der Waals surface area (Å²) in [5.41, 5.74) is 5.30. The van der Waals surface area contributed by atoms with Crippen LogP contribution in [0.25, 0.3) is 0 Å². The highest BCUT2D eigenvalue weighted by atomic mass is 31.2. The molecule has 0 amide bonds. The van der Waals surface area contributed by atoms with Crippen LogP contribution in [0.5, 0.6) is 0 Å². The van der Waals surface area contributed by atoms with Crippen molar-refractivity contribution in [1.82, 2.24) is 0 Å². The number of carboxylic acids is 1. The fraction of sp³-hybridized carbons (Fsp3) is 0.703. The average Bonchev–Trinajstić information content (AvgIpc) is 3.07. The first kappa shape index (κ1) is 46.4. The molecule has 11 nitrogen and oxygen atoms in total. The number of esters is 2. The second kappa shape index (κ2) is 32.6. The lowest BCUT2D eigenvalue weighted by Gasteiger charge is -2.20. The van der Waals surface area contributed by atoms with E-state index in [1.54, 1.807) is 0 Å². The molecule has 282 valence electrons. The molecule has 0 fully saturated rings. The number of nitrogens with two attached hydrogens (primary N) is 1. The maximum Gasteiger partial charge on any atom is 0.472 e. The van der Waals surface area contributed by atoms with E-state index < -0.39 is 51.1 Å². The van der Waals surface area contributed by atoms with E-state index in [2.05, 4.69) is 67.0 Å². The summed E-state index contributed by atoms with van der Waals surface area (Å²) in [5, 5.41) is 8.83. The smallest absolute Gasteiger partial charge is 0.472 e. The van der Waals surface area contributed by atoms with Crippen LogP contribution in [0, 0.1) is 0 Å². The van der Waals surface area contributed by atoms with E-state index in [9.17, 15) is 23.8 Å². The molecule has 0 aliphatic carbocycles. The van der Waals surface area contributed by atoms with E-state index >= 15 is 0 Å². The molecule has 4 N–H and O–H groups in total. The molecule has 3 atom stereocenters. The standard InChI is InChI=1S/C37H64NO10P/c1-3-5-7-9-11-12-13-14-15-16-17-18-19-20-21-22-23-25-27-29-36(40)48-33(30-45-35(39)28-26-24-10-8-6-4-2)31-46-49(43,44)47-32-34(38)37(41)42/h5,7,11-12,14-15,17-18,33-34H,3-4,6,8-10,13,16,19-32,38H2,1-2H3,(H,41,42)(H,43,44)/b7-5-,12-11-,15-14-,18-17-. The first-order chi connectivity index (χ1) is 23.6. The third-order valence-corrected chi connectivity index (χ3v) is 8.29. The third kappa shape index (κ3) is 32.4. The molecular weight excluding hydrogens is 649 g/mol. The highest BCUT2D eigenvalue weighted by Gasteiger charge is 2.28. The van der Waals surface area contributed by atoms with Gasteiger partial charge in [-0.2, -0.15) is 0 Å². The van der Waals surface area contributed by atoms with Crippen molar-refractivity contribution in [2.75, 3.05) is 19.8 Å². The summed E-state index contributed by atoms with van der Waals surface area (Å²) in [6.45, 7) is 2.56. The van der Waals surface area contributed by atoms with Crippen LogP contribution in [0.15, 0.2) is 48.6 Å². The van der Waals surface area contributed by atoms with Gasteiger partial charge in [0.1, 0.15) is 12.6 Å². The highest BCUT2D eigenvalue weighted by molar-refractivity contribution is 7.47. The van der Waals surface area contributed by atoms with E-state index in [4.69, 9.17) is 24.8 Å². The maximum atomic E-state index is 12.5. The molecule has 0 aliphatic rings. The Hall–Kier alpha value is -2.56. The van der Waals surface area contributed by atoms with Crippen LogP contribution in [-0.2, 0) is 37.5 Å². The minimum atomic E-state index is -4.71. The topological polar surface area (TPSA) is 172 Å². The number of hydrogen-bond donors (Lipinski definition) is 3. The lowest BCUT2D eigenvalue weighted by molar-refractivity contribution is -0.161. The molecule has 0 rings (SSSR count). The molecule has 0 saturated heterocycles. The predicted octanol–water partition coefficient (Wildman–Crippen LogP) is 8.66. The van der Waals surface area contributed by atoms with Crippen LogP contribution in [0.1, 0.15) is 136 Å². The lowest BCUT2D eigenvalue weighted by atomic mass is 10.1. The lowest BCUT2D eigenvalue weighted by Crippen LogP contribution is -2.34. The van der Waals surface area contributed by atoms with Gasteiger partial charge in [0.15, 0.2) is 6.10 Å². The molecule has 0 aromatic heterocycles. The Morgan fingerprint density at radius 1 is 0.653 bits per heavy atom. The van der Waals surface area contributed by atoms with Gasteiger partial charge in [0.2, 0.25) is 0 Å². The average molecular weight is 714 g/mol. The summed E-state index contributed by atoms with van der Waals surface area (Å²) in [5.74, 6) is -2.41. The zero-order valence-corrected chi connectivity index (χ0v) is 30.9. The first-order valence-electron chi connectivity index (χ1n) is 18.2. The van der Waals surface area contributed by atoms with Crippen LogP contribution < -0.4 is 5.73 Å². The molecule has 0 saturated carbocycles. The van der Waals surface area contributed by atoms with Gasteiger partial charge in [-0.05, 0) is 51.4 Å². The number of hydrogen-bond acceptors (Lipinski definition) is 9. The first-order valence-corrected chi connectivity index (χ1v) is 19.7. The maximum absolute atomic E-state index is 12.5. The molecule has 0 aromatic rings. The van der Waals surface area contributed by atoms with Crippen LogP contribution in [0.2, 0.25) is 0 Å². The summed E-state index contributed by atoms with van der Waals surface area (Å²) in [7, 11) is -4.71. The summed E-state index contributed by atoms with van der Waals surface area (Å²) in [6.07, 6.45) is 33.6. The second-order valence-corrected chi connectivity index (χ2v) is 13.4. The van der Waals surface area contributed by atoms with Gasteiger partial charge < -0.3 is 25.2 Å². The van der Waals surface area contributed by atoms with Crippen molar-refractivity contribution in [3.05, 3.63) is 48.6 Å². The number of unbranched alkanes of at least 4 members (excludes halogenated alkanes) is 11. The van der Waals surface area contributed by atoms with Gasteiger partial charge >= 0.3 is 25.7 Å². The molecule has 0 aromatic carbocycles. The summed E-state index contributed by atoms with van der Waals surface area (Å²) < 4.78 is 32.4. The number of phosphoric ester groups is 1. The van der Waals surface area contributed by atoms with Crippen molar-refractivity contribution in [3.8, 4) is 0 Å².